The smallest absolute Gasteiger partial charge is 0.258 e. The van der Waals surface area contributed by atoms with Crippen LogP contribution < -0.4 is 4.72 Å². The SMILES string of the molecule is Cc1c(CNS(=O)(=O)c2ccccc2)cccc1[N+](=O)[O-]. The summed E-state index contributed by atoms with van der Waals surface area (Å²) in [5, 5.41) is 10.9. The number of benzene rings is 2. The topological polar surface area (TPSA) is 89.3 Å². The van der Waals surface area contributed by atoms with Gasteiger partial charge in [0.25, 0.3) is 5.69 Å². The highest BCUT2D eigenvalue weighted by atomic mass is 32.2. The Morgan fingerprint density at radius 1 is 1.10 bits per heavy atom. The lowest BCUT2D eigenvalue weighted by atomic mass is 10.1. The van der Waals surface area contributed by atoms with Gasteiger partial charge >= 0.3 is 0 Å². The van der Waals surface area contributed by atoms with E-state index in [0.717, 1.165) is 0 Å². The van der Waals surface area contributed by atoms with Crippen LogP contribution in [0.15, 0.2) is 53.4 Å². The Morgan fingerprint density at radius 3 is 2.38 bits per heavy atom. The normalized spacial score (nSPS) is 11.3. The summed E-state index contributed by atoms with van der Waals surface area (Å²) in [5.41, 5.74) is 1.01. The second-order valence-electron chi connectivity index (χ2n) is 4.46. The molecule has 1 N–H and O–H groups in total. The second kappa shape index (κ2) is 6.02. The van der Waals surface area contributed by atoms with Crippen LogP contribution in [0.4, 0.5) is 5.69 Å². The van der Waals surface area contributed by atoms with E-state index in [0.29, 0.717) is 11.1 Å². The molecule has 0 saturated carbocycles. The van der Waals surface area contributed by atoms with Crippen molar-refractivity contribution in [2.45, 2.75) is 18.4 Å². The van der Waals surface area contributed by atoms with Crippen molar-refractivity contribution < 1.29 is 13.3 Å². The van der Waals surface area contributed by atoms with Crippen LogP contribution in [-0.4, -0.2) is 13.3 Å². The molecule has 110 valence electrons. The van der Waals surface area contributed by atoms with Gasteiger partial charge in [-0.25, -0.2) is 13.1 Å². The van der Waals surface area contributed by atoms with Crippen molar-refractivity contribution in [3.8, 4) is 0 Å². The molecule has 0 saturated heterocycles. The highest BCUT2D eigenvalue weighted by Gasteiger charge is 2.16. The zero-order chi connectivity index (χ0) is 15.5. The lowest BCUT2D eigenvalue weighted by molar-refractivity contribution is -0.385. The first kappa shape index (κ1) is 15.1. The van der Waals surface area contributed by atoms with Gasteiger partial charge in [-0.2, -0.15) is 0 Å². The molecule has 0 heterocycles. The fourth-order valence-electron chi connectivity index (χ4n) is 1.91. The first-order chi connectivity index (χ1) is 9.92. The number of nitrogens with zero attached hydrogens (tertiary/aromatic N) is 1. The summed E-state index contributed by atoms with van der Waals surface area (Å²) in [7, 11) is -3.63. The van der Waals surface area contributed by atoms with Crippen molar-refractivity contribution in [1.82, 2.24) is 4.72 Å². The number of rotatable bonds is 5. The maximum absolute atomic E-state index is 12.1. The van der Waals surface area contributed by atoms with Crippen molar-refractivity contribution in [1.29, 1.82) is 0 Å². The van der Waals surface area contributed by atoms with Gasteiger partial charge in [-0.05, 0) is 24.6 Å². The predicted molar refractivity (Wildman–Crippen MR) is 78.3 cm³/mol. The minimum Gasteiger partial charge on any atom is -0.258 e. The van der Waals surface area contributed by atoms with Gasteiger partial charge in [0.1, 0.15) is 0 Å². The Kier molecular flexibility index (Phi) is 4.35. The van der Waals surface area contributed by atoms with E-state index in [-0.39, 0.29) is 17.1 Å². The summed E-state index contributed by atoms with van der Waals surface area (Å²) in [5.74, 6) is 0. The fraction of sp³-hybridized carbons (Fsp3) is 0.143. The Balaban J connectivity index is 2.21. The molecule has 0 aliphatic rings. The molecule has 2 rings (SSSR count). The molecule has 0 bridgehead atoms. The van der Waals surface area contributed by atoms with Crippen molar-refractivity contribution in [3.05, 3.63) is 69.8 Å². The van der Waals surface area contributed by atoms with Gasteiger partial charge in [0.15, 0.2) is 0 Å². The Hall–Kier alpha value is -2.25. The zero-order valence-electron chi connectivity index (χ0n) is 11.3. The molecule has 0 aliphatic carbocycles. The highest BCUT2D eigenvalue weighted by molar-refractivity contribution is 7.89. The Bertz CT molecular complexity index is 758. The summed E-state index contributed by atoms with van der Waals surface area (Å²) in [4.78, 5) is 10.5. The third-order valence-corrected chi connectivity index (χ3v) is 4.54. The highest BCUT2D eigenvalue weighted by Crippen LogP contribution is 2.21. The van der Waals surface area contributed by atoms with E-state index in [9.17, 15) is 18.5 Å². The molecule has 0 unspecified atom stereocenters. The molecule has 0 atom stereocenters. The van der Waals surface area contributed by atoms with Gasteiger partial charge in [-0.15, -0.1) is 0 Å². The maximum atomic E-state index is 12.1. The molecular formula is C14H14N2O4S. The van der Waals surface area contributed by atoms with Gasteiger partial charge < -0.3 is 0 Å². The third kappa shape index (κ3) is 3.45. The number of nitro benzene ring substituents is 1. The van der Waals surface area contributed by atoms with E-state index < -0.39 is 14.9 Å². The van der Waals surface area contributed by atoms with Crippen molar-refractivity contribution >= 4 is 15.7 Å². The molecule has 0 spiro atoms. The molecule has 7 heteroatoms. The monoisotopic (exact) mass is 306 g/mol. The number of hydrogen-bond acceptors (Lipinski definition) is 4. The van der Waals surface area contributed by atoms with Gasteiger partial charge in [0, 0.05) is 18.2 Å². The Morgan fingerprint density at radius 2 is 1.76 bits per heavy atom. The molecule has 0 amide bonds. The molecule has 2 aromatic rings. The van der Waals surface area contributed by atoms with E-state index in [1.54, 1.807) is 31.2 Å². The number of nitrogens with one attached hydrogen (secondary N) is 1. The van der Waals surface area contributed by atoms with Crippen LogP contribution in [-0.2, 0) is 16.6 Å². The van der Waals surface area contributed by atoms with Crippen molar-refractivity contribution in [3.63, 3.8) is 0 Å². The summed E-state index contributed by atoms with van der Waals surface area (Å²) >= 11 is 0. The summed E-state index contributed by atoms with van der Waals surface area (Å²) in [6.45, 7) is 1.61. The molecule has 0 aliphatic heterocycles. The van der Waals surface area contributed by atoms with Crippen LogP contribution >= 0.6 is 0 Å². The lowest BCUT2D eigenvalue weighted by Crippen LogP contribution is -2.23. The summed E-state index contributed by atoms with van der Waals surface area (Å²) < 4.78 is 26.6. The summed E-state index contributed by atoms with van der Waals surface area (Å²) in [6, 6.07) is 12.6. The van der Waals surface area contributed by atoms with Crippen LogP contribution in [0.3, 0.4) is 0 Å². The van der Waals surface area contributed by atoms with Crippen LogP contribution in [0.1, 0.15) is 11.1 Å². The molecule has 21 heavy (non-hydrogen) atoms. The van der Waals surface area contributed by atoms with Gasteiger partial charge in [0.2, 0.25) is 10.0 Å². The van der Waals surface area contributed by atoms with Crippen LogP contribution in [0.25, 0.3) is 0 Å². The minimum absolute atomic E-state index is 0.00470. The standard InChI is InChI=1S/C14H14N2O4S/c1-11-12(6-5-9-14(11)16(17)18)10-15-21(19,20)13-7-3-2-4-8-13/h2-9,15H,10H2,1H3. The molecular weight excluding hydrogens is 292 g/mol. The zero-order valence-corrected chi connectivity index (χ0v) is 12.1. The largest absolute Gasteiger partial charge is 0.272 e. The fourth-order valence-corrected chi connectivity index (χ4v) is 2.94. The first-order valence-electron chi connectivity index (χ1n) is 6.19. The second-order valence-corrected chi connectivity index (χ2v) is 6.22. The maximum Gasteiger partial charge on any atom is 0.272 e. The average Bonchev–Trinajstić information content (AvgIpc) is 2.47. The number of hydrogen-bond donors (Lipinski definition) is 1. The quantitative estimate of drug-likeness (QED) is 0.678. The third-order valence-electron chi connectivity index (χ3n) is 3.12. The first-order valence-corrected chi connectivity index (χ1v) is 7.68. The van der Waals surface area contributed by atoms with E-state index in [1.165, 1.54) is 24.3 Å². The van der Waals surface area contributed by atoms with Crippen LogP contribution in [0.5, 0.6) is 0 Å². The van der Waals surface area contributed by atoms with E-state index >= 15 is 0 Å². The lowest BCUT2D eigenvalue weighted by Gasteiger charge is -2.09. The Labute approximate surface area is 122 Å². The summed E-state index contributed by atoms with van der Waals surface area (Å²) in [6.07, 6.45) is 0. The number of sulfonamides is 1. The molecule has 6 nitrogen and oxygen atoms in total. The van der Waals surface area contributed by atoms with Gasteiger partial charge in [0.05, 0.1) is 9.82 Å². The molecule has 0 fully saturated rings. The van der Waals surface area contributed by atoms with Gasteiger partial charge in [-0.3, -0.25) is 10.1 Å². The van der Waals surface area contributed by atoms with Gasteiger partial charge in [-0.1, -0.05) is 30.3 Å². The van der Waals surface area contributed by atoms with E-state index in [2.05, 4.69) is 4.72 Å². The van der Waals surface area contributed by atoms with Crippen molar-refractivity contribution in [2.75, 3.05) is 0 Å². The van der Waals surface area contributed by atoms with Crippen LogP contribution in [0.2, 0.25) is 0 Å². The van der Waals surface area contributed by atoms with Crippen molar-refractivity contribution in [2.24, 2.45) is 0 Å². The molecule has 0 aromatic heterocycles. The molecule has 0 radical (unpaired) electrons. The van der Waals surface area contributed by atoms with E-state index in [1.807, 2.05) is 0 Å². The predicted octanol–water partition coefficient (Wildman–Crippen LogP) is 2.38. The average molecular weight is 306 g/mol. The van der Waals surface area contributed by atoms with Crippen LogP contribution in [0, 0.1) is 17.0 Å². The van der Waals surface area contributed by atoms with E-state index in [4.69, 9.17) is 0 Å². The molecule has 2 aromatic carbocycles. The number of nitro groups is 1. The minimum atomic E-state index is -3.63.